The fourth-order valence-corrected chi connectivity index (χ4v) is 2.12. The molecule has 0 saturated heterocycles. The van der Waals surface area contributed by atoms with E-state index in [4.69, 9.17) is 9.47 Å². The minimum absolute atomic E-state index is 0.0743. The highest BCUT2D eigenvalue weighted by Gasteiger charge is 2.15. The Morgan fingerprint density at radius 1 is 0.950 bits per heavy atom. The molecule has 0 aliphatic carbocycles. The number of hydrogen-bond acceptors (Lipinski definition) is 4. The van der Waals surface area contributed by atoms with Crippen molar-refractivity contribution in [2.24, 2.45) is 0 Å². The largest absolute Gasteiger partial charge is 0.508 e. The Morgan fingerprint density at radius 3 is 2.50 bits per heavy atom. The third-order valence-corrected chi connectivity index (χ3v) is 3.12. The lowest BCUT2D eigenvalue weighted by molar-refractivity contribution is 0.103. The summed E-state index contributed by atoms with van der Waals surface area (Å²) >= 11 is 0. The summed E-state index contributed by atoms with van der Waals surface area (Å²) in [6.07, 6.45) is 0.824. The van der Waals surface area contributed by atoms with Gasteiger partial charge >= 0.3 is 0 Å². The smallest absolute Gasteiger partial charge is 0.193 e. The zero-order valence-corrected chi connectivity index (χ0v) is 10.8. The van der Waals surface area contributed by atoms with Crippen LogP contribution in [0.5, 0.6) is 17.2 Å². The molecule has 1 aliphatic rings. The van der Waals surface area contributed by atoms with Crippen molar-refractivity contribution >= 4 is 5.78 Å². The number of carbonyl (C=O) groups is 1. The second-order valence-electron chi connectivity index (χ2n) is 4.59. The number of benzene rings is 2. The van der Waals surface area contributed by atoms with Crippen molar-refractivity contribution in [3.05, 3.63) is 53.6 Å². The van der Waals surface area contributed by atoms with E-state index in [1.165, 1.54) is 12.1 Å². The first kappa shape index (κ1) is 12.5. The fourth-order valence-electron chi connectivity index (χ4n) is 2.12. The Bertz CT molecular complexity index is 649. The maximum absolute atomic E-state index is 12.4. The molecule has 4 nitrogen and oxygen atoms in total. The summed E-state index contributed by atoms with van der Waals surface area (Å²) in [5, 5.41) is 9.44. The van der Waals surface area contributed by atoms with Gasteiger partial charge in [0.1, 0.15) is 5.75 Å². The first-order valence-corrected chi connectivity index (χ1v) is 6.47. The molecule has 0 unspecified atom stereocenters. The Balaban J connectivity index is 1.94. The maximum Gasteiger partial charge on any atom is 0.193 e. The molecule has 0 spiro atoms. The number of phenols is 1. The predicted octanol–water partition coefficient (Wildman–Crippen LogP) is 2.78. The van der Waals surface area contributed by atoms with Crippen LogP contribution in [0.15, 0.2) is 42.5 Å². The molecule has 0 bridgehead atoms. The lowest BCUT2D eigenvalue weighted by Gasteiger charge is -2.09. The van der Waals surface area contributed by atoms with E-state index < -0.39 is 0 Å². The molecule has 0 fully saturated rings. The molecule has 4 heteroatoms. The standard InChI is InChI=1S/C16H14O4/c17-13-4-1-3-11(9-13)16(18)12-5-6-14-15(10-12)20-8-2-7-19-14/h1,3-6,9-10,17H,2,7-8H2. The highest BCUT2D eigenvalue weighted by Crippen LogP contribution is 2.31. The topological polar surface area (TPSA) is 55.8 Å². The summed E-state index contributed by atoms with van der Waals surface area (Å²) in [6.45, 7) is 1.20. The van der Waals surface area contributed by atoms with Gasteiger partial charge in [-0.3, -0.25) is 4.79 Å². The zero-order valence-electron chi connectivity index (χ0n) is 10.8. The molecule has 1 aliphatic heterocycles. The van der Waals surface area contributed by atoms with Crippen LogP contribution in [0.25, 0.3) is 0 Å². The van der Waals surface area contributed by atoms with E-state index in [2.05, 4.69) is 0 Å². The number of ether oxygens (including phenoxy) is 2. The molecule has 102 valence electrons. The molecule has 0 radical (unpaired) electrons. The summed E-state index contributed by atoms with van der Waals surface area (Å²) < 4.78 is 11.1. The van der Waals surface area contributed by atoms with Crippen LogP contribution < -0.4 is 9.47 Å². The van der Waals surface area contributed by atoms with Gasteiger partial charge in [0.25, 0.3) is 0 Å². The summed E-state index contributed by atoms with van der Waals surface area (Å²) in [5.74, 6) is 1.17. The molecule has 1 heterocycles. The average molecular weight is 270 g/mol. The van der Waals surface area contributed by atoms with Crippen molar-refractivity contribution in [2.75, 3.05) is 13.2 Å². The highest BCUT2D eigenvalue weighted by atomic mass is 16.5. The Labute approximate surface area is 116 Å². The second-order valence-corrected chi connectivity index (χ2v) is 4.59. The number of aromatic hydroxyl groups is 1. The van der Waals surface area contributed by atoms with E-state index in [9.17, 15) is 9.90 Å². The van der Waals surface area contributed by atoms with Crippen LogP contribution in [0, 0.1) is 0 Å². The van der Waals surface area contributed by atoms with Crippen molar-refractivity contribution in [1.82, 2.24) is 0 Å². The van der Waals surface area contributed by atoms with Crippen molar-refractivity contribution < 1.29 is 19.4 Å². The van der Waals surface area contributed by atoms with Crippen molar-refractivity contribution in [2.45, 2.75) is 6.42 Å². The van der Waals surface area contributed by atoms with Crippen LogP contribution in [0.3, 0.4) is 0 Å². The first-order chi connectivity index (χ1) is 9.74. The molecule has 2 aromatic carbocycles. The SMILES string of the molecule is O=C(c1cccc(O)c1)c1ccc2c(c1)OCCCO2. The number of fused-ring (bicyclic) bond motifs is 1. The van der Waals surface area contributed by atoms with E-state index in [1.54, 1.807) is 30.3 Å². The summed E-state index contributed by atoms with van der Waals surface area (Å²) in [7, 11) is 0. The Morgan fingerprint density at radius 2 is 1.70 bits per heavy atom. The van der Waals surface area contributed by atoms with E-state index >= 15 is 0 Å². The van der Waals surface area contributed by atoms with E-state index in [-0.39, 0.29) is 11.5 Å². The second kappa shape index (κ2) is 5.25. The van der Waals surface area contributed by atoms with Crippen LogP contribution in [0.4, 0.5) is 0 Å². The zero-order chi connectivity index (χ0) is 13.9. The van der Waals surface area contributed by atoms with Crippen LogP contribution in [-0.2, 0) is 0 Å². The Kier molecular flexibility index (Phi) is 3.29. The van der Waals surface area contributed by atoms with E-state index in [1.807, 2.05) is 0 Å². The third-order valence-electron chi connectivity index (χ3n) is 3.12. The minimum Gasteiger partial charge on any atom is -0.508 e. The number of ketones is 1. The molecule has 0 aromatic heterocycles. The van der Waals surface area contributed by atoms with Gasteiger partial charge in [0.05, 0.1) is 13.2 Å². The average Bonchev–Trinajstić information content (AvgIpc) is 2.71. The van der Waals surface area contributed by atoms with Gasteiger partial charge in [-0.1, -0.05) is 12.1 Å². The van der Waals surface area contributed by atoms with Crippen LogP contribution >= 0.6 is 0 Å². The summed E-state index contributed by atoms with van der Waals surface area (Å²) in [4.78, 5) is 12.4. The van der Waals surface area contributed by atoms with Gasteiger partial charge in [-0.05, 0) is 30.3 Å². The van der Waals surface area contributed by atoms with Gasteiger partial charge in [0.15, 0.2) is 17.3 Å². The molecular weight excluding hydrogens is 256 g/mol. The van der Waals surface area contributed by atoms with Crippen molar-refractivity contribution in [3.8, 4) is 17.2 Å². The van der Waals surface area contributed by atoms with Gasteiger partial charge in [-0.25, -0.2) is 0 Å². The maximum atomic E-state index is 12.4. The van der Waals surface area contributed by atoms with Gasteiger partial charge in [0, 0.05) is 17.5 Å². The summed E-state index contributed by atoms with van der Waals surface area (Å²) in [6, 6.07) is 11.4. The van der Waals surface area contributed by atoms with Crippen molar-refractivity contribution in [3.63, 3.8) is 0 Å². The lowest BCUT2D eigenvalue weighted by Crippen LogP contribution is -2.02. The fraction of sp³-hybridized carbons (Fsp3) is 0.188. The Hall–Kier alpha value is -2.49. The molecule has 0 saturated carbocycles. The van der Waals surface area contributed by atoms with Crippen LogP contribution in [0.1, 0.15) is 22.3 Å². The van der Waals surface area contributed by atoms with E-state index in [0.717, 1.165) is 6.42 Å². The summed E-state index contributed by atoms with van der Waals surface area (Å²) in [5.41, 5.74) is 0.958. The third kappa shape index (κ3) is 2.45. The number of carbonyl (C=O) groups excluding carboxylic acids is 1. The van der Waals surface area contributed by atoms with Crippen LogP contribution in [0.2, 0.25) is 0 Å². The molecule has 20 heavy (non-hydrogen) atoms. The molecule has 0 atom stereocenters. The van der Waals surface area contributed by atoms with Crippen LogP contribution in [-0.4, -0.2) is 24.1 Å². The number of hydrogen-bond donors (Lipinski definition) is 1. The molecule has 3 rings (SSSR count). The van der Waals surface area contributed by atoms with Gasteiger partial charge in [-0.2, -0.15) is 0 Å². The molecular formula is C16H14O4. The highest BCUT2D eigenvalue weighted by molar-refractivity contribution is 6.09. The number of rotatable bonds is 2. The predicted molar refractivity (Wildman–Crippen MR) is 73.6 cm³/mol. The van der Waals surface area contributed by atoms with Crippen molar-refractivity contribution in [1.29, 1.82) is 0 Å². The van der Waals surface area contributed by atoms with Gasteiger partial charge < -0.3 is 14.6 Å². The molecule has 0 amide bonds. The number of phenolic OH excluding ortho intramolecular Hbond substituents is 1. The van der Waals surface area contributed by atoms with Gasteiger partial charge in [-0.15, -0.1) is 0 Å². The molecule has 1 N–H and O–H groups in total. The normalized spacial score (nSPS) is 13.6. The first-order valence-electron chi connectivity index (χ1n) is 6.47. The van der Waals surface area contributed by atoms with E-state index in [0.29, 0.717) is 35.8 Å². The van der Waals surface area contributed by atoms with Gasteiger partial charge in [0.2, 0.25) is 0 Å². The minimum atomic E-state index is -0.156. The monoisotopic (exact) mass is 270 g/mol. The quantitative estimate of drug-likeness (QED) is 0.852. The molecule has 2 aromatic rings. The lowest BCUT2D eigenvalue weighted by atomic mass is 10.0.